The number of carbonyl (C=O) groups is 2. The number of amides is 2. The van der Waals surface area contributed by atoms with E-state index in [1.807, 2.05) is 51.1 Å². The number of hydrogen-bond acceptors (Lipinski definition) is 3. The van der Waals surface area contributed by atoms with Gasteiger partial charge in [-0.25, -0.2) is 0 Å². The second-order valence-electron chi connectivity index (χ2n) is 6.84. The van der Waals surface area contributed by atoms with E-state index in [2.05, 4.69) is 22.3 Å². The van der Waals surface area contributed by atoms with E-state index in [9.17, 15) is 9.59 Å². The molecule has 0 atom stereocenters. The summed E-state index contributed by atoms with van der Waals surface area (Å²) in [4.78, 5) is 28.8. The Bertz CT molecular complexity index is 786. The van der Waals surface area contributed by atoms with Crippen LogP contribution in [0.25, 0.3) is 0 Å². The highest BCUT2D eigenvalue weighted by molar-refractivity contribution is 6.39. The maximum absolute atomic E-state index is 12.5. The van der Waals surface area contributed by atoms with E-state index in [4.69, 9.17) is 0 Å². The smallest absolute Gasteiger partial charge is 0.313 e. The summed E-state index contributed by atoms with van der Waals surface area (Å²) in [5, 5.41) is 2.80. The van der Waals surface area contributed by atoms with Crippen LogP contribution in [0, 0.1) is 20.8 Å². The van der Waals surface area contributed by atoms with Crippen molar-refractivity contribution in [2.24, 2.45) is 0 Å². The minimum absolute atomic E-state index is 0.461. The van der Waals surface area contributed by atoms with Crippen molar-refractivity contribution in [3.63, 3.8) is 0 Å². The van der Waals surface area contributed by atoms with Crippen LogP contribution >= 0.6 is 0 Å². The minimum Gasteiger partial charge on any atom is -0.368 e. The Morgan fingerprint density at radius 1 is 0.885 bits per heavy atom. The normalized spacial score (nSPS) is 14.3. The maximum atomic E-state index is 12.5. The number of piperazine rings is 1. The molecule has 5 nitrogen and oxygen atoms in total. The van der Waals surface area contributed by atoms with Crippen LogP contribution < -0.4 is 10.2 Å². The molecule has 26 heavy (non-hydrogen) atoms. The van der Waals surface area contributed by atoms with E-state index in [0.717, 1.165) is 41.2 Å². The topological polar surface area (TPSA) is 52.7 Å². The molecule has 1 aliphatic heterocycles. The molecule has 5 heteroatoms. The maximum Gasteiger partial charge on any atom is 0.313 e. The first-order valence-electron chi connectivity index (χ1n) is 8.94. The van der Waals surface area contributed by atoms with Gasteiger partial charge >= 0.3 is 11.8 Å². The van der Waals surface area contributed by atoms with Crippen LogP contribution in [0.15, 0.2) is 42.5 Å². The zero-order chi connectivity index (χ0) is 18.7. The molecule has 2 aromatic rings. The first-order chi connectivity index (χ1) is 12.5. The molecular weight excluding hydrogens is 326 g/mol. The lowest BCUT2D eigenvalue weighted by molar-refractivity contribution is -0.143. The highest BCUT2D eigenvalue weighted by Gasteiger charge is 2.26. The van der Waals surface area contributed by atoms with Gasteiger partial charge in [0.25, 0.3) is 0 Å². The Kier molecular flexibility index (Phi) is 5.26. The number of nitrogens with zero attached hydrogens (tertiary/aromatic N) is 2. The van der Waals surface area contributed by atoms with E-state index < -0.39 is 11.8 Å². The van der Waals surface area contributed by atoms with Crippen LogP contribution in [0.2, 0.25) is 0 Å². The Labute approximate surface area is 154 Å². The highest BCUT2D eigenvalue weighted by Crippen LogP contribution is 2.22. The summed E-state index contributed by atoms with van der Waals surface area (Å²) in [5.41, 5.74) is 4.96. The standard InChI is InChI=1S/C21H25N3O2/c1-15-13-16(2)19(17(3)14-15)22-20(25)21(26)24-11-9-23(10-12-24)18-7-5-4-6-8-18/h4-8,13-14H,9-12H2,1-3H3,(H,22,25). The fraction of sp³-hybridized carbons (Fsp3) is 0.333. The highest BCUT2D eigenvalue weighted by atomic mass is 16.2. The molecule has 2 amide bonds. The number of hydrogen-bond donors (Lipinski definition) is 1. The van der Waals surface area contributed by atoms with Crippen molar-refractivity contribution in [3.8, 4) is 0 Å². The fourth-order valence-electron chi connectivity index (χ4n) is 3.49. The van der Waals surface area contributed by atoms with Crippen molar-refractivity contribution in [2.45, 2.75) is 20.8 Å². The van der Waals surface area contributed by atoms with Gasteiger partial charge in [-0.15, -0.1) is 0 Å². The summed E-state index contributed by atoms with van der Waals surface area (Å²) < 4.78 is 0. The predicted molar refractivity (Wildman–Crippen MR) is 105 cm³/mol. The third-order valence-corrected chi connectivity index (χ3v) is 4.80. The molecule has 0 bridgehead atoms. The van der Waals surface area contributed by atoms with Gasteiger partial charge in [-0.3, -0.25) is 9.59 Å². The van der Waals surface area contributed by atoms with Crippen LogP contribution in [-0.2, 0) is 9.59 Å². The van der Waals surface area contributed by atoms with Gasteiger partial charge in [0.15, 0.2) is 0 Å². The number of benzene rings is 2. The molecule has 0 unspecified atom stereocenters. The molecule has 1 heterocycles. The average Bonchev–Trinajstić information content (AvgIpc) is 2.64. The van der Waals surface area contributed by atoms with Gasteiger partial charge in [-0.05, 0) is 44.0 Å². The lowest BCUT2D eigenvalue weighted by Gasteiger charge is -2.35. The number of nitrogens with one attached hydrogen (secondary N) is 1. The second-order valence-corrected chi connectivity index (χ2v) is 6.84. The van der Waals surface area contributed by atoms with E-state index >= 15 is 0 Å². The molecule has 1 N–H and O–H groups in total. The summed E-state index contributed by atoms with van der Waals surface area (Å²) >= 11 is 0. The van der Waals surface area contributed by atoms with Gasteiger partial charge in [-0.2, -0.15) is 0 Å². The number of anilines is 2. The third kappa shape index (κ3) is 3.87. The van der Waals surface area contributed by atoms with Crippen LogP contribution in [0.1, 0.15) is 16.7 Å². The molecule has 3 rings (SSSR count). The predicted octanol–water partition coefficient (Wildman–Crippen LogP) is 2.90. The van der Waals surface area contributed by atoms with E-state index in [0.29, 0.717) is 13.1 Å². The van der Waals surface area contributed by atoms with Crippen molar-refractivity contribution >= 4 is 23.2 Å². The van der Waals surface area contributed by atoms with Crippen molar-refractivity contribution in [1.82, 2.24) is 4.90 Å². The summed E-state index contributed by atoms with van der Waals surface area (Å²) in [5.74, 6) is -1.02. The summed E-state index contributed by atoms with van der Waals surface area (Å²) in [6, 6.07) is 14.1. The molecule has 0 aliphatic carbocycles. The van der Waals surface area contributed by atoms with Crippen molar-refractivity contribution in [1.29, 1.82) is 0 Å². The summed E-state index contributed by atoms with van der Waals surface area (Å²) in [6.07, 6.45) is 0. The van der Waals surface area contributed by atoms with Crippen molar-refractivity contribution in [2.75, 3.05) is 36.4 Å². The summed E-state index contributed by atoms with van der Waals surface area (Å²) in [6.45, 7) is 8.46. The molecule has 0 saturated carbocycles. The molecule has 136 valence electrons. The van der Waals surface area contributed by atoms with Gasteiger partial charge in [0.1, 0.15) is 0 Å². The van der Waals surface area contributed by atoms with Crippen LogP contribution in [-0.4, -0.2) is 42.9 Å². The number of rotatable bonds is 2. The molecule has 1 fully saturated rings. The van der Waals surface area contributed by atoms with E-state index in [1.165, 1.54) is 0 Å². The number of aryl methyl sites for hydroxylation is 3. The Morgan fingerprint density at radius 3 is 2.04 bits per heavy atom. The zero-order valence-electron chi connectivity index (χ0n) is 15.6. The monoisotopic (exact) mass is 351 g/mol. The van der Waals surface area contributed by atoms with Crippen molar-refractivity contribution < 1.29 is 9.59 Å². The van der Waals surface area contributed by atoms with Crippen LogP contribution in [0.5, 0.6) is 0 Å². The molecule has 0 radical (unpaired) electrons. The SMILES string of the molecule is Cc1cc(C)c(NC(=O)C(=O)N2CCN(c3ccccc3)CC2)c(C)c1. The van der Waals surface area contributed by atoms with Gasteiger partial charge in [0, 0.05) is 37.6 Å². The lowest BCUT2D eigenvalue weighted by atomic mass is 10.1. The Balaban J connectivity index is 1.61. The second kappa shape index (κ2) is 7.60. The molecule has 0 spiro atoms. The quantitative estimate of drug-likeness (QED) is 0.847. The van der Waals surface area contributed by atoms with Gasteiger partial charge in [0.05, 0.1) is 0 Å². The van der Waals surface area contributed by atoms with E-state index in [1.54, 1.807) is 4.90 Å². The molecular formula is C21H25N3O2. The average molecular weight is 351 g/mol. The largest absolute Gasteiger partial charge is 0.368 e. The van der Waals surface area contributed by atoms with Crippen LogP contribution in [0.4, 0.5) is 11.4 Å². The van der Waals surface area contributed by atoms with Gasteiger partial charge in [0.2, 0.25) is 0 Å². The van der Waals surface area contributed by atoms with E-state index in [-0.39, 0.29) is 0 Å². The number of para-hydroxylation sites is 1. The zero-order valence-corrected chi connectivity index (χ0v) is 15.6. The van der Waals surface area contributed by atoms with Crippen molar-refractivity contribution in [3.05, 3.63) is 59.2 Å². The number of carbonyl (C=O) groups excluding carboxylic acids is 2. The molecule has 1 aliphatic rings. The molecule has 1 saturated heterocycles. The minimum atomic E-state index is -0.562. The van der Waals surface area contributed by atoms with Gasteiger partial charge in [-0.1, -0.05) is 35.9 Å². The van der Waals surface area contributed by atoms with Crippen LogP contribution in [0.3, 0.4) is 0 Å². The lowest BCUT2D eigenvalue weighted by Crippen LogP contribution is -2.51. The first-order valence-corrected chi connectivity index (χ1v) is 8.94. The molecule has 2 aromatic carbocycles. The molecule has 0 aromatic heterocycles. The third-order valence-electron chi connectivity index (χ3n) is 4.80. The Hall–Kier alpha value is -2.82. The first kappa shape index (κ1) is 18.0. The summed E-state index contributed by atoms with van der Waals surface area (Å²) in [7, 11) is 0. The Morgan fingerprint density at radius 2 is 1.46 bits per heavy atom. The fourth-order valence-corrected chi connectivity index (χ4v) is 3.49. The van der Waals surface area contributed by atoms with Gasteiger partial charge < -0.3 is 15.1 Å².